The first-order chi connectivity index (χ1) is 12.9. The summed E-state index contributed by atoms with van der Waals surface area (Å²) in [5.74, 6) is 0.245. The maximum Gasteiger partial charge on any atom is 0.304 e. The Balaban J connectivity index is 1.84. The molecule has 1 saturated carbocycles. The Morgan fingerprint density at radius 1 is 1.30 bits per heavy atom. The number of hydrogen-bond acceptors (Lipinski definition) is 6. The molecule has 1 fully saturated rings. The van der Waals surface area contributed by atoms with Crippen LogP contribution in [-0.4, -0.2) is 52.7 Å². The maximum absolute atomic E-state index is 11.7. The number of aliphatic carboxylic acids is 1. The van der Waals surface area contributed by atoms with Gasteiger partial charge in [0.2, 0.25) is 11.8 Å². The topological polar surface area (TPSA) is 109 Å². The molecule has 8 nitrogen and oxygen atoms in total. The van der Waals surface area contributed by atoms with Crippen molar-refractivity contribution in [1.82, 2.24) is 20.4 Å². The van der Waals surface area contributed by atoms with Crippen LogP contribution in [0, 0.1) is 5.92 Å². The summed E-state index contributed by atoms with van der Waals surface area (Å²) < 4.78 is 5.30. The van der Waals surface area contributed by atoms with Gasteiger partial charge in [-0.2, -0.15) is 4.98 Å². The molecule has 0 saturated heterocycles. The van der Waals surface area contributed by atoms with E-state index in [0.29, 0.717) is 11.7 Å². The molecule has 2 rings (SSSR count). The van der Waals surface area contributed by atoms with E-state index in [-0.39, 0.29) is 31.3 Å². The van der Waals surface area contributed by atoms with Crippen molar-refractivity contribution in [2.24, 2.45) is 5.92 Å². The second kappa shape index (κ2) is 11.0. The molecular weight excluding hydrogens is 348 g/mol. The summed E-state index contributed by atoms with van der Waals surface area (Å²) in [6.45, 7) is 0.464. The lowest BCUT2D eigenvalue weighted by Gasteiger charge is -2.21. The Morgan fingerprint density at radius 3 is 2.70 bits per heavy atom. The van der Waals surface area contributed by atoms with Gasteiger partial charge in [0, 0.05) is 5.92 Å². The highest BCUT2D eigenvalue weighted by atomic mass is 16.5. The lowest BCUT2D eigenvalue weighted by molar-refractivity contribution is -0.137. The Morgan fingerprint density at radius 2 is 2.04 bits per heavy atom. The minimum Gasteiger partial charge on any atom is -0.481 e. The second-order valence-corrected chi connectivity index (χ2v) is 7.79. The molecule has 1 atom stereocenters. The molecule has 2 N–H and O–H groups in total. The Hall–Kier alpha value is -1.96. The van der Waals surface area contributed by atoms with Crippen molar-refractivity contribution < 1.29 is 19.2 Å². The third kappa shape index (κ3) is 8.07. The Bertz CT molecular complexity index is 596. The van der Waals surface area contributed by atoms with Crippen molar-refractivity contribution in [1.29, 1.82) is 0 Å². The molecule has 1 heterocycles. The van der Waals surface area contributed by atoms with Crippen LogP contribution in [0.5, 0.6) is 0 Å². The van der Waals surface area contributed by atoms with Crippen molar-refractivity contribution >= 4 is 11.9 Å². The normalized spacial score (nSPS) is 16.4. The van der Waals surface area contributed by atoms with Gasteiger partial charge in [0.05, 0.1) is 19.5 Å². The molecule has 152 valence electrons. The van der Waals surface area contributed by atoms with Gasteiger partial charge in [-0.25, -0.2) is 0 Å². The van der Waals surface area contributed by atoms with Crippen LogP contribution in [0.25, 0.3) is 0 Å². The highest BCUT2D eigenvalue weighted by Gasteiger charge is 2.23. The molecule has 0 radical (unpaired) electrons. The maximum atomic E-state index is 11.7. The number of carbonyl (C=O) groups is 2. The van der Waals surface area contributed by atoms with Gasteiger partial charge in [-0.15, -0.1) is 0 Å². The van der Waals surface area contributed by atoms with Crippen molar-refractivity contribution in [3.05, 3.63) is 11.7 Å². The first kappa shape index (κ1) is 21.3. The summed E-state index contributed by atoms with van der Waals surface area (Å²) in [6, 6.07) is 0. The average molecular weight is 380 g/mol. The van der Waals surface area contributed by atoms with Gasteiger partial charge in [0.1, 0.15) is 0 Å². The molecule has 0 aliphatic heterocycles. The van der Waals surface area contributed by atoms with Crippen molar-refractivity contribution in [3.63, 3.8) is 0 Å². The predicted molar refractivity (Wildman–Crippen MR) is 100 cm³/mol. The van der Waals surface area contributed by atoms with Crippen LogP contribution >= 0.6 is 0 Å². The molecule has 8 heteroatoms. The third-order valence-corrected chi connectivity index (χ3v) is 5.05. The first-order valence-corrected chi connectivity index (χ1v) is 9.89. The highest BCUT2D eigenvalue weighted by molar-refractivity contribution is 5.77. The minimum atomic E-state index is -0.864. The fourth-order valence-corrected chi connectivity index (χ4v) is 3.68. The number of carbonyl (C=O) groups excluding carboxylic acids is 1. The largest absolute Gasteiger partial charge is 0.481 e. The van der Waals surface area contributed by atoms with Gasteiger partial charge in [-0.05, 0) is 26.4 Å². The molecule has 0 unspecified atom stereocenters. The number of nitrogens with zero attached hydrogens (tertiary/aromatic N) is 3. The molecule has 0 aromatic carbocycles. The predicted octanol–water partition coefficient (Wildman–Crippen LogP) is 2.56. The highest BCUT2D eigenvalue weighted by Crippen LogP contribution is 2.31. The van der Waals surface area contributed by atoms with Crippen LogP contribution in [0.4, 0.5) is 0 Å². The van der Waals surface area contributed by atoms with Crippen LogP contribution in [0.1, 0.15) is 75.4 Å². The quantitative estimate of drug-likeness (QED) is 0.607. The molecule has 0 bridgehead atoms. The number of hydrogen-bond donors (Lipinski definition) is 2. The standard InChI is InChI=1S/C19H32N4O4/c1-23(2)13-17(24)20-12-16-21-19(27-22-16)15(11-18(25)26)10-6-9-14-7-4-3-5-8-14/h14-15H,3-13H2,1-2H3,(H,20,24)(H,25,26)/t15-/m1/s1. The number of aromatic nitrogens is 2. The van der Waals surface area contributed by atoms with Crippen LogP contribution in [0.2, 0.25) is 0 Å². The van der Waals surface area contributed by atoms with E-state index in [1.807, 2.05) is 14.1 Å². The number of amides is 1. The van der Waals surface area contributed by atoms with E-state index in [1.165, 1.54) is 32.1 Å². The smallest absolute Gasteiger partial charge is 0.304 e. The molecule has 1 aromatic rings. The van der Waals surface area contributed by atoms with Gasteiger partial charge < -0.3 is 19.8 Å². The van der Waals surface area contributed by atoms with E-state index in [0.717, 1.165) is 25.2 Å². The summed E-state index contributed by atoms with van der Waals surface area (Å²) in [4.78, 5) is 29.0. The van der Waals surface area contributed by atoms with Crippen molar-refractivity contribution in [2.45, 2.75) is 70.3 Å². The first-order valence-electron chi connectivity index (χ1n) is 9.89. The number of likely N-dealkylation sites (N-methyl/N-ethyl adjacent to an activating group) is 1. The monoisotopic (exact) mass is 380 g/mol. The summed E-state index contributed by atoms with van der Waals surface area (Å²) in [7, 11) is 3.63. The van der Waals surface area contributed by atoms with Crippen molar-refractivity contribution in [2.75, 3.05) is 20.6 Å². The zero-order valence-corrected chi connectivity index (χ0v) is 16.4. The minimum absolute atomic E-state index is 0.0146. The summed E-state index contributed by atoms with van der Waals surface area (Å²) in [5, 5.41) is 15.8. The van der Waals surface area contributed by atoms with E-state index < -0.39 is 5.97 Å². The van der Waals surface area contributed by atoms with E-state index >= 15 is 0 Å². The van der Waals surface area contributed by atoms with Crippen LogP contribution < -0.4 is 5.32 Å². The van der Waals surface area contributed by atoms with Crippen LogP contribution in [0.15, 0.2) is 4.52 Å². The summed E-state index contributed by atoms with van der Waals surface area (Å²) in [6.07, 6.45) is 9.38. The average Bonchev–Trinajstić information content (AvgIpc) is 3.08. The number of nitrogens with one attached hydrogen (secondary N) is 1. The van der Waals surface area contributed by atoms with Gasteiger partial charge in [-0.1, -0.05) is 50.1 Å². The molecule has 1 aliphatic rings. The Labute approximate surface area is 160 Å². The number of carboxylic acids is 1. The SMILES string of the molecule is CN(C)CC(=O)NCc1noc([C@H](CCCC2CCCCC2)CC(=O)O)n1. The summed E-state index contributed by atoms with van der Waals surface area (Å²) in [5.41, 5.74) is 0. The van der Waals surface area contributed by atoms with Gasteiger partial charge in [0.25, 0.3) is 0 Å². The Kier molecular flexibility index (Phi) is 8.71. The molecule has 27 heavy (non-hydrogen) atoms. The van der Waals surface area contributed by atoms with Crippen LogP contribution in [0.3, 0.4) is 0 Å². The lowest BCUT2D eigenvalue weighted by atomic mass is 9.84. The molecular formula is C19H32N4O4. The molecule has 1 aromatic heterocycles. The van der Waals surface area contributed by atoms with Gasteiger partial charge >= 0.3 is 5.97 Å². The molecule has 1 amide bonds. The van der Waals surface area contributed by atoms with E-state index in [9.17, 15) is 14.7 Å². The fourth-order valence-electron chi connectivity index (χ4n) is 3.68. The summed E-state index contributed by atoms with van der Waals surface area (Å²) >= 11 is 0. The van der Waals surface area contributed by atoms with Gasteiger partial charge in [0.15, 0.2) is 5.82 Å². The van der Waals surface area contributed by atoms with E-state index in [4.69, 9.17) is 4.52 Å². The van der Waals surface area contributed by atoms with E-state index in [2.05, 4.69) is 15.5 Å². The third-order valence-electron chi connectivity index (χ3n) is 5.05. The zero-order chi connectivity index (χ0) is 19.6. The lowest BCUT2D eigenvalue weighted by Crippen LogP contribution is -2.33. The van der Waals surface area contributed by atoms with Crippen LogP contribution in [-0.2, 0) is 16.1 Å². The van der Waals surface area contributed by atoms with Crippen molar-refractivity contribution in [3.8, 4) is 0 Å². The van der Waals surface area contributed by atoms with E-state index in [1.54, 1.807) is 4.90 Å². The fraction of sp³-hybridized carbons (Fsp3) is 0.789. The zero-order valence-electron chi connectivity index (χ0n) is 16.4. The number of carboxylic acid groups (broad SMARTS) is 1. The second-order valence-electron chi connectivity index (χ2n) is 7.79. The van der Waals surface area contributed by atoms with Gasteiger partial charge in [-0.3, -0.25) is 9.59 Å². The number of rotatable bonds is 11. The molecule has 1 aliphatic carbocycles. The molecule has 0 spiro atoms.